The number of thiophene rings is 2. The molecule has 0 fully saturated rings. The fourth-order valence-corrected chi connectivity index (χ4v) is 8.41. The van der Waals surface area contributed by atoms with Crippen LogP contribution in [-0.4, -0.2) is 37.5 Å². The van der Waals surface area contributed by atoms with Gasteiger partial charge in [-0.1, -0.05) is 64.5 Å². The summed E-state index contributed by atoms with van der Waals surface area (Å²) in [4.78, 5) is 17.2. The maximum atomic E-state index is 11.5. The Kier molecular flexibility index (Phi) is 13.7. The molecule has 2 aromatic heterocycles. The molecule has 8 nitrogen and oxygen atoms in total. The Labute approximate surface area is 325 Å². The molecule has 6 rings (SSSR count). The molecule has 0 amide bonds. The highest BCUT2D eigenvalue weighted by Gasteiger charge is 2.26. The van der Waals surface area contributed by atoms with E-state index in [9.17, 15) is 15.2 Å². The molecule has 10 heteroatoms. The number of carbonyl (C=O) groups is 1. The molecule has 1 aliphatic rings. The average Bonchev–Trinajstić information content (AvgIpc) is 3.84. The lowest BCUT2D eigenvalue weighted by molar-refractivity contribution is -0.132. The quantitative estimate of drug-likeness (QED) is 0.0504. The van der Waals surface area contributed by atoms with E-state index in [0.717, 1.165) is 74.8 Å². The van der Waals surface area contributed by atoms with Crippen molar-refractivity contribution in [3.63, 3.8) is 0 Å². The van der Waals surface area contributed by atoms with Crippen LogP contribution in [0.15, 0.2) is 90.5 Å². The Hall–Kier alpha value is -5.24. The topological polar surface area (TPSA) is 101 Å². The van der Waals surface area contributed by atoms with Crippen molar-refractivity contribution in [1.29, 1.82) is 5.26 Å². The second kappa shape index (κ2) is 19.2. The average molecular weight is 763 g/mol. The normalized spacial score (nSPS) is 12.3. The maximum Gasteiger partial charge on any atom is 0.346 e. The third kappa shape index (κ3) is 9.64. The van der Waals surface area contributed by atoms with E-state index in [2.05, 4.69) is 73.3 Å². The first-order valence-electron chi connectivity index (χ1n) is 18.7. The number of aliphatic carboxylic acids is 1. The molecule has 280 valence electrons. The molecular formula is C44H46N2O6S2. The van der Waals surface area contributed by atoms with E-state index in [1.165, 1.54) is 55.9 Å². The van der Waals surface area contributed by atoms with Gasteiger partial charge in [0.05, 0.1) is 23.0 Å². The highest BCUT2D eigenvalue weighted by Crippen LogP contribution is 2.52. The summed E-state index contributed by atoms with van der Waals surface area (Å²) < 4.78 is 24.0. The monoisotopic (exact) mass is 762 g/mol. The Morgan fingerprint density at radius 1 is 0.722 bits per heavy atom. The van der Waals surface area contributed by atoms with Crippen LogP contribution < -0.4 is 23.8 Å². The van der Waals surface area contributed by atoms with E-state index < -0.39 is 5.97 Å². The Balaban J connectivity index is 1.24. The van der Waals surface area contributed by atoms with Gasteiger partial charge in [-0.25, -0.2) is 4.79 Å². The summed E-state index contributed by atoms with van der Waals surface area (Å²) in [5.74, 6) is 1.51. The van der Waals surface area contributed by atoms with Gasteiger partial charge in [-0.3, -0.25) is 0 Å². The van der Waals surface area contributed by atoms with Crippen LogP contribution in [0.2, 0.25) is 0 Å². The molecule has 0 bridgehead atoms. The number of fused-ring (bicyclic) bond motifs is 1. The van der Waals surface area contributed by atoms with Crippen LogP contribution in [0.5, 0.6) is 23.0 Å². The molecule has 3 heterocycles. The minimum Gasteiger partial charge on any atom is -0.494 e. The summed E-state index contributed by atoms with van der Waals surface area (Å²) in [5, 5.41) is 18.8. The fraction of sp³-hybridized carbons (Fsp3) is 0.318. The van der Waals surface area contributed by atoms with Gasteiger partial charge in [-0.05, 0) is 97.3 Å². The molecule has 54 heavy (non-hydrogen) atoms. The largest absolute Gasteiger partial charge is 0.494 e. The van der Waals surface area contributed by atoms with E-state index in [-0.39, 0.29) is 5.57 Å². The van der Waals surface area contributed by atoms with Gasteiger partial charge in [-0.15, -0.1) is 22.7 Å². The summed E-state index contributed by atoms with van der Waals surface area (Å²) in [6.07, 6.45) is 10.7. The zero-order valence-corrected chi connectivity index (χ0v) is 32.5. The molecule has 1 aliphatic heterocycles. The third-order valence-corrected chi connectivity index (χ3v) is 11.4. The van der Waals surface area contributed by atoms with E-state index >= 15 is 0 Å². The lowest BCUT2D eigenvalue weighted by Crippen LogP contribution is -2.14. The lowest BCUT2D eigenvalue weighted by Gasteiger charge is -2.26. The number of nitriles is 1. The van der Waals surface area contributed by atoms with Crippen molar-refractivity contribution in [3.8, 4) is 49.3 Å². The molecule has 0 unspecified atom stereocenters. The Bertz CT molecular complexity index is 1990. The molecule has 0 aliphatic carbocycles. The van der Waals surface area contributed by atoms with Gasteiger partial charge in [0, 0.05) is 26.8 Å². The smallest absolute Gasteiger partial charge is 0.346 e. The number of carboxylic acid groups (broad SMARTS) is 1. The van der Waals surface area contributed by atoms with Crippen molar-refractivity contribution in [2.45, 2.75) is 65.2 Å². The second-order valence-corrected chi connectivity index (χ2v) is 15.1. The van der Waals surface area contributed by atoms with Gasteiger partial charge in [0.25, 0.3) is 0 Å². The summed E-state index contributed by atoms with van der Waals surface area (Å²) >= 11 is 2.98. The van der Waals surface area contributed by atoms with Gasteiger partial charge in [0.1, 0.15) is 36.4 Å². The van der Waals surface area contributed by atoms with Crippen LogP contribution in [0, 0.1) is 11.3 Å². The molecule has 5 aromatic rings. The Morgan fingerprint density at radius 3 is 1.76 bits per heavy atom. The zero-order chi connectivity index (χ0) is 37.7. The van der Waals surface area contributed by atoms with Crippen molar-refractivity contribution in [3.05, 3.63) is 95.4 Å². The molecule has 3 aromatic carbocycles. The number of unbranched alkanes of at least 4 members (excludes halogenated alkanes) is 6. The highest BCUT2D eigenvalue weighted by molar-refractivity contribution is 7.24. The fourth-order valence-electron chi connectivity index (χ4n) is 6.16. The van der Waals surface area contributed by atoms with Crippen molar-refractivity contribution in [2.24, 2.45) is 0 Å². The number of hydrogen-bond acceptors (Lipinski definition) is 9. The molecule has 0 spiro atoms. The first-order valence-corrected chi connectivity index (χ1v) is 20.4. The van der Waals surface area contributed by atoms with E-state index in [0.29, 0.717) is 29.6 Å². The van der Waals surface area contributed by atoms with Gasteiger partial charge >= 0.3 is 5.97 Å². The van der Waals surface area contributed by atoms with E-state index in [1.54, 1.807) is 17.4 Å². The molecule has 0 atom stereocenters. The van der Waals surface area contributed by atoms with E-state index in [4.69, 9.17) is 18.9 Å². The number of rotatable bonds is 19. The number of hydrogen-bond donors (Lipinski definition) is 1. The standard InChI is InChI=1S/C44H46N2O6S2/c1-3-5-7-9-25-49-36-19-15-34(16-20-36)46(35-17-21-37(22-18-35)50-26-10-8-6-4-2)33-13-11-31(12-14-33)38-23-24-39(53-38)43-42-41(51-27-28-52-42)40(54-43)29-32(30-45)44(47)48/h11-24,29H,3-10,25-28H2,1-2H3,(H,47,48)/b32-29+. The van der Waals surface area contributed by atoms with Crippen molar-refractivity contribution >= 4 is 51.8 Å². The predicted molar refractivity (Wildman–Crippen MR) is 219 cm³/mol. The van der Waals surface area contributed by atoms with Gasteiger partial charge in [-0.2, -0.15) is 5.26 Å². The minimum atomic E-state index is -1.28. The van der Waals surface area contributed by atoms with Crippen LogP contribution in [0.25, 0.3) is 26.3 Å². The third-order valence-electron chi connectivity index (χ3n) is 9.01. The Morgan fingerprint density at radius 2 is 1.24 bits per heavy atom. The van der Waals surface area contributed by atoms with Gasteiger partial charge in [0.2, 0.25) is 0 Å². The zero-order valence-electron chi connectivity index (χ0n) is 30.8. The van der Waals surface area contributed by atoms with E-state index in [1.807, 2.05) is 30.3 Å². The first kappa shape index (κ1) is 38.5. The van der Waals surface area contributed by atoms with Crippen molar-refractivity contribution in [2.75, 3.05) is 31.3 Å². The van der Waals surface area contributed by atoms with Gasteiger partial charge < -0.3 is 29.0 Å². The summed E-state index contributed by atoms with van der Waals surface area (Å²) in [7, 11) is 0. The molecular weight excluding hydrogens is 717 g/mol. The first-order chi connectivity index (χ1) is 26.5. The highest BCUT2D eigenvalue weighted by atomic mass is 32.1. The van der Waals surface area contributed by atoms with Crippen LogP contribution in [0.1, 0.15) is 70.1 Å². The number of benzene rings is 3. The maximum absolute atomic E-state index is 11.5. The van der Waals surface area contributed by atoms with Crippen molar-refractivity contribution < 1.29 is 28.8 Å². The number of nitrogens with zero attached hydrogens (tertiary/aromatic N) is 2. The molecule has 0 radical (unpaired) electrons. The van der Waals surface area contributed by atoms with Crippen LogP contribution in [0.4, 0.5) is 17.1 Å². The lowest BCUT2D eigenvalue weighted by atomic mass is 10.1. The summed E-state index contributed by atoms with van der Waals surface area (Å²) in [6.45, 7) is 6.61. The number of anilines is 3. The predicted octanol–water partition coefficient (Wildman–Crippen LogP) is 12.3. The SMILES string of the molecule is CCCCCCOc1ccc(N(c2ccc(OCCCCCC)cc2)c2ccc(-c3ccc(-c4sc(/C=C(\C#N)C(=O)O)c5c4OCCO5)s3)cc2)cc1. The molecule has 0 saturated heterocycles. The summed E-state index contributed by atoms with van der Waals surface area (Å²) in [6, 6.07) is 31.0. The number of ether oxygens (including phenoxy) is 4. The second-order valence-electron chi connectivity index (χ2n) is 13.0. The molecule has 0 saturated carbocycles. The van der Waals surface area contributed by atoms with Crippen LogP contribution in [-0.2, 0) is 4.79 Å². The number of carboxylic acids is 1. The summed E-state index contributed by atoms with van der Waals surface area (Å²) in [5.41, 5.74) is 3.76. The minimum absolute atomic E-state index is 0.353. The van der Waals surface area contributed by atoms with Crippen molar-refractivity contribution in [1.82, 2.24) is 0 Å². The van der Waals surface area contributed by atoms with Gasteiger partial charge in [0.15, 0.2) is 11.5 Å². The molecule has 1 N–H and O–H groups in total. The van der Waals surface area contributed by atoms with Crippen LogP contribution in [0.3, 0.4) is 0 Å². The van der Waals surface area contributed by atoms with Crippen LogP contribution >= 0.6 is 22.7 Å².